The Bertz CT molecular complexity index is 567. The zero-order valence-corrected chi connectivity index (χ0v) is 11.7. The summed E-state index contributed by atoms with van der Waals surface area (Å²) >= 11 is 0. The molecule has 2 aromatic rings. The lowest BCUT2D eigenvalue weighted by Crippen LogP contribution is -2.38. The Kier molecular flexibility index (Phi) is 3.19. The number of hydrogen-bond acceptors (Lipinski definition) is 3. The minimum Gasteiger partial charge on any atom is -0.372 e. The summed E-state index contributed by atoms with van der Waals surface area (Å²) in [7, 11) is 2.19. The summed E-state index contributed by atoms with van der Waals surface area (Å²) in [6.07, 6.45) is 4.66. The monoisotopic (exact) mass is 258 g/mol. The number of aromatic amines is 1. The molecule has 0 amide bonds. The number of fused-ring (bicyclic) bond motifs is 1. The van der Waals surface area contributed by atoms with Gasteiger partial charge in [0.2, 0.25) is 0 Å². The van der Waals surface area contributed by atoms with Gasteiger partial charge in [0.15, 0.2) is 0 Å². The number of nitrogens with one attached hydrogen (secondary N) is 1. The second-order valence-corrected chi connectivity index (χ2v) is 5.70. The second-order valence-electron chi connectivity index (χ2n) is 5.70. The maximum absolute atomic E-state index is 5.98. The third-order valence-corrected chi connectivity index (χ3v) is 4.28. The van der Waals surface area contributed by atoms with Gasteiger partial charge in [-0.2, -0.15) is 0 Å². The van der Waals surface area contributed by atoms with Crippen LogP contribution in [-0.2, 0) is 0 Å². The molecule has 102 valence electrons. The molecule has 0 saturated heterocycles. The van der Waals surface area contributed by atoms with Crippen molar-refractivity contribution in [1.82, 2.24) is 9.97 Å². The number of aromatic nitrogens is 2. The topological polar surface area (TPSA) is 57.9 Å². The van der Waals surface area contributed by atoms with Crippen LogP contribution in [0.2, 0.25) is 0 Å². The predicted molar refractivity (Wildman–Crippen MR) is 79.5 cm³/mol. The highest BCUT2D eigenvalue weighted by Crippen LogP contribution is 2.27. The zero-order valence-electron chi connectivity index (χ0n) is 11.7. The van der Waals surface area contributed by atoms with Crippen molar-refractivity contribution in [1.29, 1.82) is 0 Å². The highest BCUT2D eigenvalue weighted by Gasteiger charge is 2.22. The quantitative estimate of drug-likeness (QED) is 0.870. The predicted octanol–water partition coefficient (Wildman–Crippen LogP) is 2.58. The number of anilines is 1. The first-order chi connectivity index (χ1) is 9.13. The van der Waals surface area contributed by atoms with Gasteiger partial charge in [-0.15, -0.1) is 0 Å². The number of hydrogen-bond donors (Lipinski definition) is 2. The standard InChI is InChI=1S/C15H22N4/c1-10-17-14-8-7-13(9-15(14)18-10)19(2)12-5-3-11(16)4-6-12/h7-9,11-12H,3-6,16H2,1-2H3,(H,17,18). The van der Waals surface area contributed by atoms with E-state index in [4.69, 9.17) is 5.73 Å². The van der Waals surface area contributed by atoms with E-state index >= 15 is 0 Å². The molecule has 0 aliphatic heterocycles. The molecule has 19 heavy (non-hydrogen) atoms. The lowest BCUT2D eigenvalue weighted by atomic mass is 9.91. The number of aryl methyl sites for hydroxylation is 1. The molecule has 1 aromatic heterocycles. The number of imidazole rings is 1. The van der Waals surface area contributed by atoms with Gasteiger partial charge in [0.25, 0.3) is 0 Å². The first-order valence-electron chi connectivity index (χ1n) is 7.08. The Hall–Kier alpha value is -1.55. The van der Waals surface area contributed by atoms with Crippen molar-refractivity contribution < 1.29 is 0 Å². The van der Waals surface area contributed by atoms with E-state index in [9.17, 15) is 0 Å². The Morgan fingerprint density at radius 3 is 2.74 bits per heavy atom. The van der Waals surface area contributed by atoms with Crippen LogP contribution >= 0.6 is 0 Å². The van der Waals surface area contributed by atoms with Gasteiger partial charge < -0.3 is 15.6 Å². The highest BCUT2D eigenvalue weighted by molar-refractivity contribution is 5.79. The van der Waals surface area contributed by atoms with Crippen LogP contribution in [0.25, 0.3) is 11.0 Å². The summed E-state index contributed by atoms with van der Waals surface area (Å²) < 4.78 is 0. The van der Waals surface area contributed by atoms with Crippen LogP contribution in [0.15, 0.2) is 18.2 Å². The van der Waals surface area contributed by atoms with Crippen molar-refractivity contribution in [3.63, 3.8) is 0 Å². The van der Waals surface area contributed by atoms with Crippen molar-refractivity contribution >= 4 is 16.7 Å². The molecule has 0 unspecified atom stereocenters. The van der Waals surface area contributed by atoms with E-state index in [1.54, 1.807) is 0 Å². The van der Waals surface area contributed by atoms with Crippen LogP contribution < -0.4 is 10.6 Å². The maximum atomic E-state index is 5.98. The van der Waals surface area contributed by atoms with Crippen molar-refractivity contribution in [3.05, 3.63) is 24.0 Å². The van der Waals surface area contributed by atoms with Gasteiger partial charge in [0.05, 0.1) is 11.0 Å². The number of benzene rings is 1. The fourth-order valence-corrected chi connectivity index (χ4v) is 3.04. The number of H-pyrrole nitrogens is 1. The molecule has 3 rings (SSSR count). The van der Waals surface area contributed by atoms with E-state index in [-0.39, 0.29) is 0 Å². The van der Waals surface area contributed by atoms with E-state index in [2.05, 4.69) is 40.1 Å². The molecule has 1 aromatic carbocycles. The molecule has 0 radical (unpaired) electrons. The number of nitrogens with zero attached hydrogens (tertiary/aromatic N) is 2. The molecule has 0 spiro atoms. The summed E-state index contributed by atoms with van der Waals surface area (Å²) in [6, 6.07) is 7.48. The SMILES string of the molecule is Cc1nc2ccc(N(C)C3CCC(N)CC3)cc2[nH]1. The van der Waals surface area contributed by atoms with Gasteiger partial charge in [0.1, 0.15) is 5.82 Å². The zero-order chi connectivity index (χ0) is 13.4. The van der Waals surface area contributed by atoms with E-state index in [1.165, 1.54) is 18.5 Å². The van der Waals surface area contributed by atoms with Gasteiger partial charge in [-0.25, -0.2) is 4.98 Å². The third-order valence-electron chi connectivity index (χ3n) is 4.28. The Morgan fingerprint density at radius 1 is 1.26 bits per heavy atom. The summed E-state index contributed by atoms with van der Waals surface area (Å²) in [6.45, 7) is 1.99. The van der Waals surface area contributed by atoms with Gasteiger partial charge in [0, 0.05) is 24.8 Å². The molecule has 1 heterocycles. The van der Waals surface area contributed by atoms with Crippen LogP contribution in [0.1, 0.15) is 31.5 Å². The smallest absolute Gasteiger partial charge is 0.104 e. The van der Waals surface area contributed by atoms with Crippen LogP contribution in [0.4, 0.5) is 5.69 Å². The lowest BCUT2D eigenvalue weighted by molar-refractivity contribution is 0.385. The van der Waals surface area contributed by atoms with E-state index in [1.807, 2.05) is 6.92 Å². The Morgan fingerprint density at radius 2 is 2.00 bits per heavy atom. The molecular formula is C15H22N4. The number of rotatable bonds is 2. The molecule has 3 N–H and O–H groups in total. The van der Waals surface area contributed by atoms with Crippen LogP contribution in [0, 0.1) is 6.92 Å². The van der Waals surface area contributed by atoms with Crippen molar-refractivity contribution in [2.75, 3.05) is 11.9 Å². The molecule has 1 fully saturated rings. The van der Waals surface area contributed by atoms with Crippen molar-refractivity contribution in [2.45, 2.75) is 44.7 Å². The van der Waals surface area contributed by atoms with Crippen molar-refractivity contribution in [3.8, 4) is 0 Å². The van der Waals surface area contributed by atoms with Gasteiger partial charge in [-0.1, -0.05) is 0 Å². The molecule has 1 saturated carbocycles. The minimum absolute atomic E-state index is 0.405. The largest absolute Gasteiger partial charge is 0.372 e. The number of nitrogens with two attached hydrogens (primary N) is 1. The van der Waals surface area contributed by atoms with E-state index in [0.717, 1.165) is 29.7 Å². The molecule has 0 atom stereocenters. The minimum atomic E-state index is 0.405. The molecule has 4 heteroatoms. The maximum Gasteiger partial charge on any atom is 0.104 e. The summed E-state index contributed by atoms with van der Waals surface area (Å²) in [4.78, 5) is 10.1. The molecule has 0 bridgehead atoms. The first kappa shape index (κ1) is 12.5. The average molecular weight is 258 g/mol. The normalized spacial score (nSPS) is 23.7. The van der Waals surface area contributed by atoms with Crippen LogP contribution in [0.5, 0.6) is 0 Å². The van der Waals surface area contributed by atoms with E-state index < -0.39 is 0 Å². The van der Waals surface area contributed by atoms with Gasteiger partial charge >= 0.3 is 0 Å². The van der Waals surface area contributed by atoms with Crippen molar-refractivity contribution in [2.24, 2.45) is 5.73 Å². The summed E-state index contributed by atoms with van der Waals surface area (Å²) in [5.41, 5.74) is 9.40. The first-order valence-corrected chi connectivity index (χ1v) is 7.08. The molecular weight excluding hydrogens is 236 g/mol. The molecule has 1 aliphatic rings. The fourth-order valence-electron chi connectivity index (χ4n) is 3.04. The Labute approximate surface area is 114 Å². The van der Waals surface area contributed by atoms with Crippen LogP contribution in [0.3, 0.4) is 0 Å². The highest BCUT2D eigenvalue weighted by atomic mass is 15.1. The van der Waals surface area contributed by atoms with Gasteiger partial charge in [-0.05, 0) is 50.8 Å². The van der Waals surface area contributed by atoms with E-state index in [0.29, 0.717) is 12.1 Å². The summed E-state index contributed by atoms with van der Waals surface area (Å²) in [5.74, 6) is 0.971. The lowest BCUT2D eigenvalue weighted by Gasteiger charge is -2.35. The fraction of sp³-hybridized carbons (Fsp3) is 0.533. The van der Waals surface area contributed by atoms with Gasteiger partial charge in [-0.3, -0.25) is 0 Å². The van der Waals surface area contributed by atoms with Crippen LogP contribution in [-0.4, -0.2) is 29.1 Å². The summed E-state index contributed by atoms with van der Waals surface area (Å²) in [5, 5.41) is 0. The third kappa shape index (κ3) is 2.45. The Balaban J connectivity index is 1.82. The second kappa shape index (κ2) is 4.85. The molecule has 1 aliphatic carbocycles. The average Bonchev–Trinajstić information content (AvgIpc) is 2.77. The molecule has 4 nitrogen and oxygen atoms in total.